The van der Waals surface area contributed by atoms with E-state index in [1.807, 2.05) is 19.4 Å². The Bertz CT molecular complexity index is 372. The number of nitrogens with zero attached hydrogens (tertiary/aromatic N) is 1. The molecular weight excluding hydrogens is 224 g/mol. The summed E-state index contributed by atoms with van der Waals surface area (Å²) in [7, 11) is 1.83. The molecule has 0 radical (unpaired) electrons. The van der Waals surface area contributed by atoms with Gasteiger partial charge in [-0.25, -0.2) is 0 Å². The second kappa shape index (κ2) is 4.93. The highest BCUT2D eigenvalue weighted by Gasteiger charge is 2.25. The molecule has 0 spiro atoms. The van der Waals surface area contributed by atoms with E-state index in [4.69, 9.17) is 4.42 Å². The Labute approximate surface area is 99.4 Å². The molecule has 0 saturated carbocycles. The first-order valence-electron chi connectivity index (χ1n) is 5.34. The standard InChI is InChI=1S/C11H16N2O2S/c1-13(8-5-6-12-7-8)11(14)9-3-4-10(15-9)16-2/h3-4,8,12H,5-7H2,1-2H3. The molecule has 0 bridgehead atoms. The molecule has 88 valence electrons. The Morgan fingerprint density at radius 1 is 1.62 bits per heavy atom. The van der Waals surface area contributed by atoms with Crippen LogP contribution in [0.5, 0.6) is 0 Å². The highest BCUT2D eigenvalue weighted by atomic mass is 32.2. The van der Waals surface area contributed by atoms with Gasteiger partial charge >= 0.3 is 0 Å². The van der Waals surface area contributed by atoms with Crippen molar-refractivity contribution in [3.8, 4) is 0 Å². The van der Waals surface area contributed by atoms with Crippen LogP contribution >= 0.6 is 11.8 Å². The first-order valence-corrected chi connectivity index (χ1v) is 6.56. The van der Waals surface area contributed by atoms with Gasteiger partial charge in [0.2, 0.25) is 0 Å². The minimum atomic E-state index is -0.0333. The van der Waals surface area contributed by atoms with Gasteiger partial charge in [0.1, 0.15) is 0 Å². The van der Waals surface area contributed by atoms with Crippen LogP contribution in [0.25, 0.3) is 0 Å². The number of carbonyl (C=O) groups excluding carboxylic acids is 1. The molecule has 5 heteroatoms. The topological polar surface area (TPSA) is 45.5 Å². The predicted octanol–water partition coefficient (Wildman–Crippen LogP) is 1.44. The minimum absolute atomic E-state index is 0.0333. The van der Waals surface area contributed by atoms with E-state index < -0.39 is 0 Å². The molecular formula is C11H16N2O2S. The third-order valence-corrected chi connectivity index (χ3v) is 3.52. The molecule has 1 saturated heterocycles. The highest BCUT2D eigenvalue weighted by molar-refractivity contribution is 7.98. The number of amides is 1. The van der Waals surface area contributed by atoms with Crippen molar-refractivity contribution in [2.24, 2.45) is 0 Å². The van der Waals surface area contributed by atoms with Crippen LogP contribution in [0.2, 0.25) is 0 Å². The Morgan fingerprint density at radius 2 is 2.44 bits per heavy atom. The molecule has 1 aromatic rings. The van der Waals surface area contributed by atoms with Crippen molar-refractivity contribution in [3.05, 3.63) is 17.9 Å². The Morgan fingerprint density at radius 3 is 3.00 bits per heavy atom. The van der Waals surface area contributed by atoms with Crippen LogP contribution in [0.4, 0.5) is 0 Å². The van der Waals surface area contributed by atoms with Crippen molar-refractivity contribution in [2.45, 2.75) is 17.6 Å². The Balaban J connectivity index is 2.05. The van der Waals surface area contributed by atoms with E-state index in [1.165, 1.54) is 11.8 Å². The summed E-state index contributed by atoms with van der Waals surface area (Å²) < 4.78 is 5.43. The summed E-state index contributed by atoms with van der Waals surface area (Å²) in [5, 5.41) is 4.03. The molecule has 1 unspecified atom stereocenters. The number of nitrogens with one attached hydrogen (secondary N) is 1. The maximum atomic E-state index is 12.1. The monoisotopic (exact) mass is 240 g/mol. The smallest absolute Gasteiger partial charge is 0.289 e. The molecule has 16 heavy (non-hydrogen) atoms. The summed E-state index contributed by atoms with van der Waals surface area (Å²) in [5.74, 6) is 0.396. The zero-order chi connectivity index (χ0) is 11.5. The van der Waals surface area contributed by atoms with Gasteiger partial charge in [-0.15, -0.1) is 0 Å². The van der Waals surface area contributed by atoms with Crippen molar-refractivity contribution >= 4 is 17.7 Å². The van der Waals surface area contributed by atoms with Gasteiger partial charge in [-0.05, 0) is 31.4 Å². The molecule has 1 atom stereocenters. The summed E-state index contributed by atoms with van der Waals surface area (Å²) in [5.41, 5.74) is 0. The number of rotatable bonds is 3. The van der Waals surface area contributed by atoms with E-state index >= 15 is 0 Å². The quantitative estimate of drug-likeness (QED) is 0.812. The van der Waals surface area contributed by atoms with E-state index in [2.05, 4.69) is 5.32 Å². The van der Waals surface area contributed by atoms with Crippen LogP contribution in [0.15, 0.2) is 21.6 Å². The van der Waals surface area contributed by atoms with Gasteiger partial charge in [0.25, 0.3) is 5.91 Å². The normalized spacial score (nSPS) is 20.0. The summed E-state index contributed by atoms with van der Waals surface area (Å²) in [6.07, 6.45) is 2.94. The molecule has 4 nitrogen and oxygen atoms in total. The fourth-order valence-corrected chi connectivity index (χ4v) is 2.23. The lowest BCUT2D eigenvalue weighted by molar-refractivity contribution is 0.0706. The molecule has 1 aromatic heterocycles. The molecule has 0 aliphatic carbocycles. The molecule has 1 aliphatic heterocycles. The van der Waals surface area contributed by atoms with E-state index in [9.17, 15) is 4.79 Å². The third kappa shape index (κ3) is 2.25. The highest BCUT2D eigenvalue weighted by Crippen LogP contribution is 2.20. The largest absolute Gasteiger partial charge is 0.445 e. The summed E-state index contributed by atoms with van der Waals surface area (Å²) in [6, 6.07) is 3.86. The molecule has 1 N–H and O–H groups in total. The van der Waals surface area contributed by atoms with E-state index in [-0.39, 0.29) is 11.9 Å². The second-order valence-electron chi connectivity index (χ2n) is 3.89. The maximum absolute atomic E-state index is 12.1. The molecule has 1 amide bonds. The summed E-state index contributed by atoms with van der Waals surface area (Å²) >= 11 is 1.50. The van der Waals surface area contributed by atoms with Gasteiger partial charge < -0.3 is 14.6 Å². The van der Waals surface area contributed by atoms with Gasteiger partial charge in [0.15, 0.2) is 10.9 Å². The summed E-state index contributed by atoms with van der Waals surface area (Å²) in [6.45, 7) is 1.86. The molecule has 1 fully saturated rings. The lowest BCUT2D eigenvalue weighted by Crippen LogP contribution is -2.38. The van der Waals surface area contributed by atoms with Gasteiger partial charge in [-0.3, -0.25) is 4.79 Å². The number of hydrogen-bond donors (Lipinski definition) is 1. The number of likely N-dealkylation sites (N-methyl/N-ethyl adjacent to an activating group) is 1. The Hall–Kier alpha value is -0.940. The summed E-state index contributed by atoms with van der Waals surface area (Å²) in [4.78, 5) is 13.8. The van der Waals surface area contributed by atoms with Crippen LogP contribution in [0.3, 0.4) is 0 Å². The molecule has 2 heterocycles. The number of carbonyl (C=O) groups is 1. The van der Waals surface area contributed by atoms with E-state index in [0.717, 1.165) is 24.6 Å². The average molecular weight is 240 g/mol. The molecule has 1 aliphatic rings. The van der Waals surface area contributed by atoms with Crippen LogP contribution in [-0.2, 0) is 0 Å². The van der Waals surface area contributed by atoms with Crippen molar-refractivity contribution in [1.29, 1.82) is 0 Å². The lowest BCUT2D eigenvalue weighted by Gasteiger charge is -2.22. The SMILES string of the molecule is CSc1ccc(C(=O)N(C)C2CCNC2)o1. The fraction of sp³-hybridized carbons (Fsp3) is 0.545. The van der Waals surface area contributed by atoms with Gasteiger partial charge in [-0.1, -0.05) is 11.8 Å². The number of thioether (sulfide) groups is 1. The van der Waals surface area contributed by atoms with E-state index in [0.29, 0.717) is 5.76 Å². The van der Waals surface area contributed by atoms with Gasteiger partial charge in [0.05, 0.1) is 0 Å². The van der Waals surface area contributed by atoms with Gasteiger partial charge in [-0.2, -0.15) is 0 Å². The van der Waals surface area contributed by atoms with E-state index in [1.54, 1.807) is 11.0 Å². The second-order valence-corrected chi connectivity index (χ2v) is 4.70. The van der Waals surface area contributed by atoms with Gasteiger partial charge in [0, 0.05) is 19.6 Å². The first-order chi connectivity index (χ1) is 7.72. The Kier molecular flexibility index (Phi) is 3.56. The minimum Gasteiger partial charge on any atom is -0.445 e. The van der Waals surface area contributed by atoms with Crippen molar-refractivity contribution in [1.82, 2.24) is 10.2 Å². The zero-order valence-electron chi connectivity index (χ0n) is 9.53. The maximum Gasteiger partial charge on any atom is 0.289 e. The lowest BCUT2D eigenvalue weighted by atomic mass is 10.2. The molecule has 0 aromatic carbocycles. The average Bonchev–Trinajstić information content (AvgIpc) is 2.97. The number of hydrogen-bond acceptors (Lipinski definition) is 4. The van der Waals surface area contributed by atoms with Crippen LogP contribution < -0.4 is 5.32 Å². The van der Waals surface area contributed by atoms with Crippen LogP contribution in [0, 0.1) is 0 Å². The third-order valence-electron chi connectivity index (χ3n) is 2.90. The van der Waals surface area contributed by atoms with Crippen molar-refractivity contribution < 1.29 is 9.21 Å². The zero-order valence-corrected chi connectivity index (χ0v) is 10.3. The van der Waals surface area contributed by atoms with Crippen LogP contribution in [0.1, 0.15) is 17.0 Å². The van der Waals surface area contributed by atoms with Crippen LogP contribution in [-0.4, -0.2) is 43.2 Å². The first kappa shape index (κ1) is 11.5. The fourth-order valence-electron chi connectivity index (χ4n) is 1.85. The number of furan rings is 1. The predicted molar refractivity (Wildman–Crippen MR) is 63.9 cm³/mol. The van der Waals surface area contributed by atoms with Crippen molar-refractivity contribution in [3.63, 3.8) is 0 Å². The van der Waals surface area contributed by atoms with Crippen molar-refractivity contribution in [2.75, 3.05) is 26.4 Å². The molecule has 2 rings (SSSR count).